The molecule has 0 saturated heterocycles. The third kappa shape index (κ3) is 4.27. The van der Waals surface area contributed by atoms with Crippen LogP contribution in [0.15, 0.2) is 24.3 Å². The van der Waals surface area contributed by atoms with Gasteiger partial charge in [-0.25, -0.2) is 0 Å². The Balaban J connectivity index is 2.04. The van der Waals surface area contributed by atoms with Gasteiger partial charge >= 0.3 is 0 Å². The Morgan fingerprint density at radius 2 is 2.05 bits per heavy atom. The van der Waals surface area contributed by atoms with Crippen molar-refractivity contribution in [3.63, 3.8) is 0 Å². The molecule has 1 N–H and O–H groups in total. The van der Waals surface area contributed by atoms with Gasteiger partial charge in [0.25, 0.3) is 5.69 Å². The van der Waals surface area contributed by atoms with E-state index in [1.807, 2.05) is 12.1 Å². The van der Waals surface area contributed by atoms with Gasteiger partial charge in [0, 0.05) is 18.2 Å². The standard InChI is InChI=1S/C17H26N2O2/c1-3-11-18-17(16-6-4-5-13(16)2)12-14-7-9-15(10-8-14)19(20)21/h7-10,13,16-18H,3-6,11-12H2,1-2H3. The average Bonchev–Trinajstić information content (AvgIpc) is 2.90. The molecule has 4 heteroatoms. The number of non-ortho nitro benzene ring substituents is 1. The quantitative estimate of drug-likeness (QED) is 0.611. The van der Waals surface area contributed by atoms with E-state index in [1.54, 1.807) is 12.1 Å². The van der Waals surface area contributed by atoms with E-state index in [1.165, 1.54) is 24.8 Å². The lowest BCUT2D eigenvalue weighted by molar-refractivity contribution is -0.384. The van der Waals surface area contributed by atoms with Crippen LogP contribution in [0.4, 0.5) is 5.69 Å². The van der Waals surface area contributed by atoms with Gasteiger partial charge in [0.2, 0.25) is 0 Å². The molecular weight excluding hydrogens is 264 g/mol. The van der Waals surface area contributed by atoms with Crippen LogP contribution in [0.2, 0.25) is 0 Å². The topological polar surface area (TPSA) is 55.2 Å². The highest BCUT2D eigenvalue weighted by molar-refractivity contribution is 5.33. The molecule has 3 unspecified atom stereocenters. The van der Waals surface area contributed by atoms with E-state index < -0.39 is 0 Å². The summed E-state index contributed by atoms with van der Waals surface area (Å²) < 4.78 is 0. The first-order valence-electron chi connectivity index (χ1n) is 8.08. The van der Waals surface area contributed by atoms with E-state index in [9.17, 15) is 10.1 Å². The first-order chi connectivity index (χ1) is 10.1. The number of nitro groups is 1. The highest BCUT2D eigenvalue weighted by Gasteiger charge is 2.30. The molecule has 1 saturated carbocycles. The second kappa shape index (κ2) is 7.55. The van der Waals surface area contributed by atoms with Crippen molar-refractivity contribution in [1.29, 1.82) is 0 Å². The molecule has 21 heavy (non-hydrogen) atoms. The zero-order valence-corrected chi connectivity index (χ0v) is 13.0. The molecular formula is C17H26N2O2. The second-order valence-corrected chi connectivity index (χ2v) is 6.26. The molecule has 0 aliphatic heterocycles. The molecule has 0 radical (unpaired) electrons. The zero-order chi connectivity index (χ0) is 15.2. The summed E-state index contributed by atoms with van der Waals surface area (Å²) in [4.78, 5) is 10.4. The minimum Gasteiger partial charge on any atom is -0.313 e. The van der Waals surface area contributed by atoms with Crippen LogP contribution in [0, 0.1) is 22.0 Å². The van der Waals surface area contributed by atoms with E-state index in [0.29, 0.717) is 6.04 Å². The lowest BCUT2D eigenvalue weighted by Gasteiger charge is -2.28. The third-order valence-corrected chi connectivity index (χ3v) is 4.70. The van der Waals surface area contributed by atoms with Gasteiger partial charge in [-0.15, -0.1) is 0 Å². The zero-order valence-electron chi connectivity index (χ0n) is 13.0. The molecule has 1 aromatic carbocycles. The van der Waals surface area contributed by atoms with Crippen molar-refractivity contribution in [2.24, 2.45) is 11.8 Å². The van der Waals surface area contributed by atoms with Crippen molar-refractivity contribution >= 4 is 5.69 Å². The lowest BCUT2D eigenvalue weighted by Crippen LogP contribution is -2.39. The van der Waals surface area contributed by atoms with E-state index in [0.717, 1.165) is 31.2 Å². The monoisotopic (exact) mass is 290 g/mol. The van der Waals surface area contributed by atoms with Crippen molar-refractivity contribution in [2.75, 3.05) is 6.54 Å². The molecule has 3 atom stereocenters. The van der Waals surface area contributed by atoms with Crippen molar-refractivity contribution in [2.45, 2.75) is 52.0 Å². The summed E-state index contributed by atoms with van der Waals surface area (Å²) in [5.41, 5.74) is 1.36. The molecule has 0 aromatic heterocycles. The summed E-state index contributed by atoms with van der Waals surface area (Å²) in [5, 5.41) is 14.4. The number of benzene rings is 1. The highest BCUT2D eigenvalue weighted by Crippen LogP contribution is 2.34. The van der Waals surface area contributed by atoms with Crippen LogP contribution in [-0.4, -0.2) is 17.5 Å². The summed E-state index contributed by atoms with van der Waals surface area (Å²) in [6.45, 7) is 5.59. The van der Waals surface area contributed by atoms with Gasteiger partial charge in [0.15, 0.2) is 0 Å². The van der Waals surface area contributed by atoms with E-state index in [-0.39, 0.29) is 10.6 Å². The van der Waals surface area contributed by atoms with Gasteiger partial charge in [-0.05, 0) is 43.2 Å². The number of nitro benzene ring substituents is 1. The largest absolute Gasteiger partial charge is 0.313 e. The molecule has 0 amide bonds. The third-order valence-electron chi connectivity index (χ3n) is 4.70. The normalized spacial score (nSPS) is 23.1. The van der Waals surface area contributed by atoms with Crippen LogP contribution >= 0.6 is 0 Å². The molecule has 1 aliphatic carbocycles. The number of rotatable bonds is 7. The van der Waals surface area contributed by atoms with Gasteiger partial charge in [0.1, 0.15) is 0 Å². The number of nitrogens with one attached hydrogen (secondary N) is 1. The predicted octanol–water partition coefficient (Wildman–Crippen LogP) is 3.94. The summed E-state index contributed by atoms with van der Waals surface area (Å²) in [5.74, 6) is 1.50. The Morgan fingerprint density at radius 3 is 2.57 bits per heavy atom. The fourth-order valence-corrected chi connectivity index (χ4v) is 3.48. The maximum Gasteiger partial charge on any atom is 0.269 e. The van der Waals surface area contributed by atoms with Gasteiger partial charge in [-0.2, -0.15) is 0 Å². The first kappa shape index (κ1) is 16.0. The number of hydrogen-bond acceptors (Lipinski definition) is 3. The SMILES string of the molecule is CCCNC(Cc1ccc([N+](=O)[O-])cc1)C1CCCC1C. The van der Waals surface area contributed by atoms with E-state index in [2.05, 4.69) is 19.2 Å². The van der Waals surface area contributed by atoms with E-state index in [4.69, 9.17) is 0 Å². The van der Waals surface area contributed by atoms with Crippen LogP contribution in [0.1, 0.15) is 45.1 Å². The summed E-state index contributed by atoms with van der Waals surface area (Å²) in [7, 11) is 0. The van der Waals surface area contributed by atoms with Crippen LogP contribution < -0.4 is 5.32 Å². The maximum absolute atomic E-state index is 10.7. The molecule has 0 spiro atoms. The lowest BCUT2D eigenvalue weighted by atomic mass is 9.86. The molecule has 1 aliphatic rings. The number of hydrogen-bond donors (Lipinski definition) is 1. The highest BCUT2D eigenvalue weighted by atomic mass is 16.6. The summed E-state index contributed by atoms with van der Waals surface area (Å²) in [6.07, 6.45) is 6.06. The van der Waals surface area contributed by atoms with Crippen molar-refractivity contribution in [3.8, 4) is 0 Å². The minimum absolute atomic E-state index is 0.172. The van der Waals surface area contributed by atoms with Crippen molar-refractivity contribution in [3.05, 3.63) is 39.9 Å². The maximum atomic E-state index is 10.7. The summed E-state index contributed by atoms with van der Waals surface area (Å²) >= 11 is 0. The van der Waals surface area contributed by atoms with Crippen molar-refractivity contribution < 1.29 is 4.92 Å². The fraction of sp³-hybridized carbons (Fsp3) is 0.647. The molecule has 2 rings (SSSR count). The Kier molecular flexibility index (Phi) is 5.74. The first-order valence-corrected chi connectivity index (χ1v) is 8.08. The molecule has 116 valence electrons. The van der Waals surface area contributed by atoms with Gasteiger partial charge in [0.05, 0.1) is 4.92 Å². The fourth-order valence-electron chi connectivity index (χ4n) is 3.48. The van der Waals surface area contributed by atoms with Gasteiger partial charge in [-0.3, -0.25) is 10.1 Å². The minimum atomic E-state index is -0.338. The molecule has 1 fully saturated rings. The van der Waals surface area contributed by atoms with Crippen LogP contribution in [0.25, 0.3) is 0 Å². The smallest absolute Gasteiger partial charge is 0.269 e. The van der Waals surface area contributed by atoms with Crippen LogP contribution in [0.3, 0.4) is 0 Å². The average molecular weight is 290 g/mol. The van der Waals surface area contributed by atoms with Crippen LogP contribution in [0.5, 0.6) is 0 Å². The molecule has 0 bridgehead atoms. The van der Waals surface area contributed by atoms with Crippen LogP contribution in [-0.2, 0) is 6.42 Å². The van der Waals surface area contributed by atoms with Gasteiger partial charge in [-0.1, -0.05) is 38.8 Å². The Morgan fingerprint density at radius 1 is 1.33 bits per heavy atom. The second-order valence-electron chi connectivity index (χ2n) is 6.26. The molecule has 1 aromatic rings. The van der Waals surface area contributed by atoms with Crippen molar-refractivity contribution in [1.82, 2.24) is 5.32 Å². The molecule has 0 heterocycles. The molecule has 4 nitrogen and oxygen atoms in total. The van der Waals surface area contributed by atoms with E-state index >= 15 is 0 Å². The summed E-state index contributed by atoms with van der Waals surface area (Å²) in [6, 6.07) is 7.52. The predicted molar refractivity (Wildman–Crippen MR) is 85.4 cm³/mol. The Bertz CT molecular complexity index is 458. The van der Waals surface area contributed by atoms with Gasteiger partial charge < -0.3 is 5.32 Å². The Hall–Kier alpha value is -1.42. The Labute approximate surface area is 127 Å². The number of nitrogens with zero attached hydrogens (tertiary/aromatic N) is 1.